The fourth-order valence-electron chi connectivity index (χ4n) is 1.51. The maximum absolute atomic E-state index is 12.9. The van der Waals surface area contributed by atoms with Crippen molar-refractivity contribution in [3.05, 3.63) is 23.0 Å². The van der Waals surface area contributed by atoms with Gasteiger partial charge in [-0.25, -0.2) is 8.78 Å². The Morgan fingerprint density at radius 3 is 2.71 bits per heavy atom. The number of methoxy groups -OCH3 is 1. The lowest BCUT2D eigenvalue weighted by Crippen LogP contribution is -2.13. The Balaban J connectivity index is 3.40. The molecule has 1 aromatic rings. The molecule has 3 N–H and O–H groups in total. The molecule has 0 radical (unpaired) electrons. The van der Waals surface area contributed by atoms with Gasteiger partial charge in [-0.15, -0.1) is 0 Å². The molecule has 0 fully saturated rings. The number of ether oxygens (including phenoxy) is 1. The van der Waals surface area contributed by atoms with Gasteiger partial charge in [-0.1, -0.05) is 0 Å². The molecule has 7 heteroatoms. The van der Waals surface area contributed by atoms with Gasteiger partial charge in [0.15, 0.2) is 0 Å². The monoisotopic (exact) mass is 246 g/mol. The fourth-order valence-corrected chi connectivity index (χ4v) is 1.51. The lowest BCUT2D eigenvalue weighted by molar-refractivity contribution is -0.136. The van der Waals surface area contributed by atoms with Crippen LogP contribution in [0.1, 0.15) is 23.2 Å². The molecule has 0 aliphatic rings. The van der Waals surface area contributed by atoms with E-state index in [1.165, 1.54) is 7.11 Å². The minimum absolute atomic E-state index is 0.0747. The van der Waals surface area contributed by atoms with Crippen LogP contribution in [0.25, 0.3) is 0 Å². The molecular weight excluding hydrogens is 234 g/mol. The Morgan fingerprint density at radius 1 is 1.65 bits per heavy atom. The van der Waals surface area contributed by atoms with E-state index in [4.69, 9.17) is 15.6 Å². The molecule has 0 saturated carbocycles. The van der Waals surface area contributed by atoms with Crippen molar-refractivity contribution in [2.45, 2.75) is 19.4 Å². The number of alkyl halides is 2. The number of carbonyl (C=O) groups is 1. The summed E-state index contributed by atoms with van der Waals surface area (Å²) in [6.45, 7) is -0.105. The van der Waals surface area contributed by atoms with Crippen LogP contribution in [0.15, 0.2) is 6.20 Å². The Hall–Kier alpha value is -1.76. The molecule has 5 nitrogen and oxygen atoms in total. The molecule has 1 heterocycles. The Kier molecular flexibility index (Phi) is 4.33. The van der Waals surface area contributed by atoms with Crippen molar-refractivity contribution in [2.75, 3.05) is 7.11 Å². The van der Waals surface area contributed by atoms with Crippen LogP contribution < -0.4 is 10.5 Å². The van der Waals surface area contributed by atoms with E-state index in [2.05, 4.69) is 4.98 Å². The molecule has 94 valence electrons. The standard InChI is InChI=1S/C10H12F2N2O3/c1-17-7-4-14-6(3-13)5(2-8(15)16)9(7)10(11)12/h4,10H,2-3,13H2,1H3,(H,15,16). The number of rotatable bonds is 5. The highest BCUT2D eigenvalue weighted by molar-refractivity contribution is 5.71. The number of aliphatic carboxylic acids is 1. The van der Waals surface area contributed by atoms with Gasteiger partial charge in [0.05, 0.1) is 31.0 Å². The van der Waals surface area contributed by atoms with E-state index in [1.807, 2.05) is 0 Å². The summed E-state index contributed by atoms with van der Waals surface area (Å²) < 4.78 is 30.6. The first-order valence-electron chi connectivity index (χ1n) is 4.75. The number of hydrogen-bond donors (Lipinski definition) is 2. The summed E-state index contributed by atoms with van der Waals surface area (Å²) >= 11 is 0. The predicted molar refractivity (Wildman–Crippen MR) is 55.0 cm³/mol. The van der Waals surface area contributed by atoms with Crippen LogP contribution in [0.3, 0.4) is 0 Å². The Labute approximate surface area is 96.2 Å². The van der Waals surface area contributed by atoms with E-state index in [1.54, 1.807) is 0 Å². The molecule has 1 aromatic heterocycles. The highest BCUT2D eigenvalue weighted by Gasteiger charge is 2.23. The molecule has 0 unspecified atom stereocenters. The molecule has 0 amide bonds. The molecule has 0 atom stereocenters. The van der Waals surface area contributed by atoms with Crippen LogP contribution in [-0.2, 0) is 17.8 Å². The molecule has 0 aliphatic heterocycles. The summed E-state index contributed by atoms with van der Waals surface area (Å²) in [6.07, 6.45) is -2.28. The third-order valence-corrected chi connectivity index (χ3v) is 2.24. The first-order valence-corrected chi connectivity index (χ1v) is 4.75. The van der Waals surface area contributed by atoms with Crippen molar-refractivity contribution in [1.82, 2.24) is 4.98 Å². The van der Waals surface area contributed by atoms with Gasteiger partial charge in [-0.3, -0.25) is 9.78 Å². The van der Waals surface area contributed by atoms with Crippen LogP contribution in [-0.4, -0.2) is 23.2 Å². The number of hydrogen-bond acceptors (Lipinski definition) is 4. The summed E-state index contributed by atoms with van der Waals surface area (Å²) in [5.74, 6) is -1.36. The van der Waals surface area contributed by atoms with E-state index < -0.39 is 24.4 Å². The maximum Gasteiger partial charge on any atom is 0.307 e. The van der Waals surface area contributed by atoms with Crippen molar-refractivity contribution in [3.8, 4) is 5.75 Å². The number of nitrogens with two attached hydrogens (primary N) is 1. The van der Waals surface area contributed by atoms with Gasteiger partial charge in [-0.2, -0.15) is 0 Å². The van der Waals surface area contributed by atoms with Gasteiger partial charge in [0.25, 0.3) is 6.43 Å². The second-order valence-corrected chi connectivity index (χ2v) is 3.24. The molecule has 0 spiro atoms. The van der Waals surface area contributed by atoms with Crippen LogP contribution in [0, 0.1) is 0 Å². The van der Waals surface area contributed by atoms with Crippen molar-refractivity contribution in [3.63, 3.8) is 0 Å². The first kappa shape index (κ1) is 13.3. The molecule has 17 heavy (non-hydrogen) atoms. The second kappa shape index (κ2) is 5.53. The number of halogens is 2. The molecule has 0 aromatic carbocycles. The summed E-state index contributed by atoms with van der Waals surface area (Å²) in [7, 11) is 1.22. The van der Waals surface area contributed by atoms with Crippen LogP contribution in [0.2, 0.25) is 0 Å². The molecule has 0 aliphatic carbocycles. The van der Waals surface area contributed by atoms with E-state index in [9.17, 15) is 13.6 Å². The highest BCUT2D eigenvalue weighted by Crippen LogP contribution is 2.33. The topological polar surface area (TPSA) is 85.4 Å². The lowest BCUT2D eigenvalue weighted by atomic mass is 10.0. The third kappa shape index (κ3) is 2.88. The third-order valence-electron chi connectivity index (χ3n) is 2.24. The molecule has 1 rings (SSSR count). The largest absolute Gasteiger partial charge is 0.495 e. The van der Waals surface area contributed by atoms with Gasteiger partial charge in [0, 0.05) is 6.54 Å². The number of carboxylic acid groups (broad SMARTS) is 1. The average molecular weight is 246 g/mol. The van der Waals surface area contributed by atoms with E-state index in [-0.39, 0.29) is 23.6 Å². The zero-order valence-electron chi connectivity index (χ0n) is 9.11. The number of aromatic nitrogens is 1. The zero-order valence-corrected chi connectivity index (χ0v) is 9.11. The highest BCUT2D eigenvalue weighted by atomic mass is 19.3. The Morgan fingerprint density at radius 2 is 2.29 bits per heavy atom. The Bertz CT molecular complexity index is 424. The number of pyridine rings is 1. The van der Waals surface area contributed by atoms with E-state index >= 15 is 0 Å². The van der Waals surface area contributed by atoms with Crippen molar-refractivity contribution in [1.29, 1.82) is 0 Å². The maximum atomic E-state index is 12.9. The molecule has 0 saturated heterocycles. The zero-order chi connectivity index (χ0) is 13.0. The first-order chi connectivity index (χ1) is 8.01. The second-order valence-electron chi connectivity index (χ2n) is 3.24. The van der Waals surface area contributed by atoms with Gasteiger partial charge in [-0.05, 0) is 5.56 Å². The van der Waals surface area contributed by atoms with Crippen LogP contribution in [0.4, 0.5) is 8.78 Å². The lowest BCUT2D eigenvalue weighted by Gasteiger charge is -2.14. The summed E-state index contributed by atoms with van der Waals surface area (Å²) in [5.41, 5.74) is 4.96. The van der Waals surface area contributed by atoms with Crippen LogP contribution >= 0.6 is 0 Å². The predicted octanol–water partition coefficient (Wildman–Crippen LogP) is 1.11. The molecular formula is C10H12F2N2O3. The molecule has 0 bridgehead atoms. The smallest absolute Gasteiger partial charge is 0.307 e. The van der Waals surface area contributed by atoms with Crippen LogP contribution in [0.5, 0.6) is 5.75 Å². The quantitative estimate of drug-likeness (QED) is 0.812. The van der Waals surface area contributed by atoms with E-state index in [0.717, 1.165) is 6.20 Å². The van der Waals surface area contributed by atoms with Gasteiger partial charge in [0.2, 0.25) is 0 Å². The van der Waals surface area contributed by atoms with Gasteiger partial charge in [0.1, 0.15) is 5.75 Å². The fraction of sp³-hybridized carbons (Fsp3) is 0.400. The summed E-state index contributed by atoms with van der Waals surface area (Å²) in [6, 6.07) is 0. The van der Waals surface area contributed by atoms with Crippen molar-refractivity contribution >= 4 is 5.97 Å². The van der Waals surface area contributed by atoms with E-state index in [0.29, 0.717) is 0 Å². The minimum atomic E-state index is -2.84. The number of nitrogens with zero attached hydrogens (tertiary/aromatic N) is 1. The SMILES string of the molecule is COc1cnc(CN)c(CC(=O)O)c1C(F)F. The number of carboxylic acids is 1. The van der Waals surface area contributed by atoms with Crippen molar-refractivity contribution in [2.24, 2.45) is 5.73 Å². The average Bonchev–Trinajstić information content (AvgIpc) is 2.27. The summed E-state index contributed by atoms with van der Waals surface area (Å²) in [4.78, 5) is 14.5. The van der Waals surface area contributed by atoms with Gasteiger partial charge < -0.3 is 15.6 Å². The minimum Gasteiger partial charge on any atom is -0.495 e. The normalized spacial score (nSPS) is 10.6. The van der Waals surface area contributed by atoms with Crippen molar-refractivity contribution < 1.29 is 23.4 Å². The summed E-state index contributed by atoms with van der Waals surface area (Å²) in [5, 5.41) is 8.70. The van der Waals surface area contributed by atoms with Gasteiger partial charge >= 0.3 is 5.97 Å².